The zero-order chi connectivity index (χ0) is 21.5. The Morgan fingerprint density at radius 2 is 0.552 bits per heavy atom. The second kappa shape index (κ2) is 22.6. The van der Waals surface area contributed by atoms with Crippen molar-refractivity contribution < 1.29 is 4.48 Å². The second-order valence-corrected chi connectivity index (χ2v) is 10.5. The van der Waals surface area contributed by atoms with E-state index in [-0.39, 0.29) is 0 Å². The lowest BCUT2D eigenvalue weighted by Crippen LogP contribution is -2.41. The van der Waals surface area contributed by atoms with Gasteiger partial charge in [-0.1, -0.05) is 136 Å². The Balaban J connectivity index is 3.12. The van der Waals surface area contributed by atoms with E-state index < -0.39 is 0 Å². The molecule has 0 fully saturated rings. The molecule has 0 aliphatic rings. The molecule has 176 valence electrons. The monoisotopic (exact) mass is 410 g/mol. The molecule has 0 atom stereocenters. The molecular weight excluding hydrogens is 350 g/mol. The molecule has 0 saturated heterocycles. The summed E-state index contributed by atoms with van der Waals surface area (Å²) in [5.74, 6) is 0. The maximum atomic E-state index is 2.41. The summed E-state index contributed by atoms with van der Waals surface area (Å²) in [6, 6.07) is 0. The van der Waals surface area contributed by atoms with Crippen LogP contribution in [0.3, 0.4) is 0 Å². The van der Waals surface area contributed by atoms with Crippen molar-refractivity contribution in [2.75, 3.05) is 27.2 Å². The highest BCUT2D eigenvalue weighted by Gasteiger charge is 2.12. The fourth-order valence-electron chi connectivity index (χ4n) is 4.49. The largest absolute Gasteiger partial charge is 0.328 e. The van der Waals surface area contributed by atoms with Crippen LogP contribution in [0.5, 0.6) is 0 Å². The molecule has 1 heteroatoms. The van der Waals surface area contributed by atoms with Gasteiger partial charge >= 0.3 is 0 Å². The quantitative estimate of drug-likeness (QED) is 0.110. The van der Waals surface area contributed by atoms with E-state index in [0.29, 0.717) is 0 Å². The predicted octanol–water partition coefficient (Wildman–Crippen LogP) is 9.68. The summed E-state index contributed by atoms with van der Waals surface area (Å²) >= 11 is 0. The third-order valence-electron chi connectivity index (χ3n) is 6.73. The van der Waals surface area contributed by atoms with Crippen LogP contribution in [0.2, 0.25) is 0 Å². The van der Waals surface area contributed by atoms with Crippen molar-refractivity contribution in [3.05, 3.63) is 0 Å². The molecule has 0 aliphatic carbocycles. The van der Waals surface area contributed by atoms with Crippen LogP contribution >= 0.6 is 0 Å². The lowest BCUT2D eigenvalue weighted by Gasteiger charge is -2.29. The first-order valence-electron chi connectivity index (χ1n) is 13.9. The van der Waals surface area contributed by atoms with Gasteiger partial charge in [-0.15, -0.1) is 0 Å². The van der Waals surface area contributed by atoms with Gasteiger partial charge in [0.25, 0.3) is 0 Å². The van der Waals surface area contributed by atoms with Crippen LogP contribution < -0.4 is 0 Å². The van der Waals surface area contributed by atoms with Crippen LogP contribution in [0.1, 0.15) is 155 Å². The molecule has 0 rings (SSSR count). The average molecular weight is 411 g/mol. The Kier molecular flexibility index (Phi) is 22.6. The third kappa shape index (κ3) is 24.1. The van der Waals surface area contributed by atoms with Crippen molar-refractivity contribution >= 4 is 0 Å². The molecule has 0 aromatic carbocycles. The van der Waals surface area contributed by atoms with Gasteiger partial charge in [0.05, 0.1) is 27.2 Å². The number of rotatable bonds is 24. The minimum Gasteiger partial charge on any atom is -0.328 e. The standard InChI is InChI=1S/C28H60N/c1-5-7-9-10-11-12-13-14-15-16-17-18-19-20-21-22-23-24-25-26-28-29(3,4)27-8-6-2/h5-28H2,1-4H3/q+1. The Bertz CT molecular complexity index is 297. The summed E-state index contributed by atoms with van der Waals surface area (Å²) < 4.78 is 1.23. The van der Waals surface area contributed by atoms with E-state index in [9.17, 15) is 0 Å². The third-order valence-corrected chi connectivity index (χ3v) is 6.73. The van der Waals surface area contributed by atoms with Crippen molar-refractivity contribution in [2.24, 2.45) is 0 Å². The molecule has 0 bridgehead atoms. The highest BCUT2D eigenvalue weighted by molar-refractivity contribution is 4.51. The van der Waals surface area contributed by atoms with Gasteiger partial charge in [0, 0.05) is 0 Å². The molecule has 0 heterocycles. The SMILES string of the molecule is CCCCCCCCCCCCCCCCCCCCCC[N+](C)(C)CCCC. The first-order chi connectivity index (χ1) is 14.1. The van der Waals surface area contributed by atoms with Crippen molar-refractivity contribution in [3.63, 3.8) is 0 Å². The fourth-order valence-corrected chi connectivity index (χ4v) is 4.49. The minimum absolute atomic E-state index is 1.23. The Hall–Kier alpha value is -0.0400. The topological polar surface area (TPSA) is 0 Å². The number of quaternary nitrogens is 1. The smallest absolute Gasteiger partial charge is 0.0782 e. The van der Waals surface area contributed by atoms with Gasteiger partial charge in [-0.25, -0.2) is 0 Å². The van der Waals surface area contributed by atoms with Crippen molar-refractivity contribution in [3.8, 4) is 0 Å². The Labute approximate surface area is 187 Å². The van der Waals surface area contributed by atoms with Gasteiger partial charge in [-0.05, 0) is 19.3 Å². The summed E-state index contributed by atoms with van der Waals surface area (Å²) in [7, 11) is 4.82. The maximum Gasteiger partial charge on any atom is 0.0782 e. The molecule has 29 heavy (non-hydrogen) atoms. The average Bonchev–Trinajstić information content (AvgIpc) is 2.71. The van der Waals surface area contributed by atoms with Crippen LogP contribution in [0.25, 0.3) is 0 Å². The Morgan fingerprint density at radius 1 is 0.310 bits per heavy atom. The highest BCUT2D eigenvalue weighted by Crippen LogP contribution is 2.15. The van der Waals surface area contributed by atoms with E-state index in [2.05, 4.69) is 27.9 Å². The lowest BCUT2D eigenvalue weighted by atomic mass is 10.0. The summed E-state index contributed by atoms with van der Waals surface area (Å²) in [6.45, 7) is 7.34. The number of unbranched alkanes of at least 4 members (excludes halogenated alkanes) is 20. The van der Waals surface area contributed by atoms with Gasteiger partial charge in [-0.2, -0.15) is 0 Å². The first kappa shape index (κ1) is 29.0. The molecule has 0 unspecified atom stereocenters. The van der Waals surface area contributed by atoms with Crippen molar-refractivity contribution in [2.45, 2.75) is 155 Å². The zero-order valence-corrected chi connectivity index (χ0v) is 21.4. The molecule has 0 spiro atoms. The summed E-state index contributed by atoms with van der Waals surface area (Å²) in [6.07, 6.45) is 32.1. The van der Waals surface area contributed by atoms with Crippen LogP contribution in [-0.2, 0) is 0 Å². The predicted molar refractivity (Wildman–Crippen MR) is 135 cm³/mol. The van der Waals surface area contributed by atoms with E-state index in [1.807, 2.05) is 0 Å². The lowest BCUT2D eigenvalue weighted by molar-refractivity contribution is -0.890. The normalized spacial score (nSPS) is 12.0. The number of hydrogen-bond acceptors (Lipinski definition) is 0. The number of hydrogen-bond donors (Lipinski definition) is 0. The summed E-state index contributed by atoms with van der Waals surface area (Å²) in [5, 5.41) is 0. The Morgan fingerprint density at radius 3 is 0.862 bits per heavy atom. The van der Waals surface area contributed by atoms with Gasteiger partial charge in [0.1, 0.15) is 0 Å². The van der Waals surface area contributed by atoms with Gasteiger partial charge < -0.3 is 4.48 Å². The van der Waals surface area contributed by atoms with E-state index in [0.717, 1.165) is 0 Å². The van der Waals surface area contributed by atoms with Gasteiger partial charge in [0.15, 0.2) is 0 Å². The molecular formula is C28H60N+. The van der Waals surface area contributed by atoms with Crippen LogP contribution in [0.4, 0.5) is 0 Å². The molecule has 1 nitrogen and oxygen atoms in total. The van der Waals surface area contributed by atoms with Gasteiger partial charge in [0.2, 0.25) is 0 Å². The van der Waals surface area contributed by atoms with E-state index in [4.69, 9.17) is 0 Å². The molecule has 0 aromatic heterocycles. The molecule has 0 aromatic rings. The van der Waals surface area contributed by atoms with Gasteiger partial charge in [-0.3, -0.25) is 0 Å². The number of nitrogens with zero attached hydrogens (tertiary/aromatic N) is 1. The van der Waals surface area contributed by atoms with Crippen LogP contribution in [0, 0.1) is 0 Å². The highest BCUT2D eigenvalue weighted by atomic mass is 15.3. The summed E-state index contributed by atoms with van der Waals surface area (Å²) in [5.41, 5.74) is 0. The van der Waals surface area contributed by atoms with E-state index in [1.165, 1.54) is 159 Å². The molecule has 0 saturated carbocycles. The maximum absolute atomic E-state index is 2.41. The van der Waals surface area contributed by atoms with Crippen LogP contribution in [0.15, 0.2) is 0 Å². The van der Waals surface area contributed by atoms with Crippen molar-refractivity contribution in [1.29, 1.82) is 0 Å². The van der Waals surface area contributed by atoms with E-state index >= 15 is 0 Å². The first-order valence-corrected chi connectivity index (χ1v) is 13.9. The van der Waals surface area contributed by atoms with Crippen molar-refractivity contribution in [1.82, 2.24) is 0 Å². The van der Waals surface area contributed by atoms with E-state index in [1.54, 1.807) is 0 Å². The van der Waals surface area contributed by atoms with Crippen LogP contribution in [-0.4, -0.2) is 31.7 Å². The molecule has 0 radical (unpaired) electrons. The zero-order valence-electron chi connectivity index (χ0n) is 21.4. The molecule has 0 aliphatic heterocycles. The second-order valence-electron chi connectivity index (χ2n) is 10.5. The molecule has 0 N–H and O–H groups in total. The fraction of sp³-hybridized carbons (Fsp3) is 1.00. The minimum atomic E-state index is 1.23. The molecule has 0 amide bonds. The summed E-state index contributed by atoms with van der Waals surface area (Å²) in [4.78, 5) is 0.